The molecule has 1 fully saturated rings. The maximum atomic E-state index is 14.5. The lowest BCUT2D eigenvalue weighted by Gasteiger charge is -2.13. The standard InChI is InChI=1S/C21H15ClF2N4O2S/c22-13-8-25-21(30)17-18(11-7-12(31-10-11)9-27-6-2-5-16(27)29)26-28(19(13)17)20-14(23)3-1-4-15(20)24/h1,3-4,7-8,10H,2,5-6,9H2,(H,25,30). The van der Waals surface area contributed by atoms with Gasteiger partial charge in [-0.3, -0.25) is 9.59 Å². The smallest absolute Gasteiger partial charge is 0.259 e. The van der Waals surface area contributed by atoms with Crippen LogP contribution in [0.5, 0.6) is 0 Å². The van der Waals surface area contributed by atoms with E-state index in [1.54, 1.807) is 10.3 Å². The molecule has 4 aromatic rings. The van der Waals surface area contributed by atoms with Gasteiger partial charge in [0.15, 0.2) is 11.6 Å². The average Bonchev–Trinajstić information content (AvgIpc) is 3.45. The highest BCUT2D eigenvalue weighted by Crippen LogP contribution is 2.35. The van der Waals surface area contributed by atoms with Crippen molar-refractivity contribution in [2.24, 2.45) is 0 Å². The summed E-state index contributed by atoms with van der Waals surface area (Å²) in [6.45, 7) is 1.19. The number of fused-ring (bicyclic) bond motifs is 1. The number of nitrogens with one attached hydrogen (secondary N) is 1. The number of hydrogen-bond acceptors (Lipinski definition) is 4. The van der Waals surface area contributed by atoms with E-state index >= 15 is 0 Å². The average molecular weight is 461 g/mol. The van der Waals surface area contributed by atoms with Crippen LogP contribution >= 0.6 is 22.9 Å². The number of aromatic amines is 1. The number of amides is 1. The van der Waals surface area contributed by atoms with Gasteiger partial charge in [0.25, 0.3) is 5.56 Å². The van der Waals surface area contributed by atoms with Crippen LogP contribution in [-0.4, -0.2) is 32.1 Å². The molecule has 6 nitrogen and oxygen atoms in total. The first-order valence-corrected chi connectivity index (χ1v) is 10.8. The van der Waals surface area contributed by atoms with E-state index in [-0.39, 0.29) is 27.5 Å². The van der Waals surface area contributed by atoms with Gasteiger partial charge in [0.1, 0.15) is 16.9 Å². The normalized spacial score (nSPS) is 14.2. The monoisotopic (exact) mass is 460 g/mol. The van der Waals surface area contributed by atoms with Crippen molar-refractivity contribution in [2.45, 2.75) is 19.4 Å². The number of carbonyl (C=O) groups is 1. The molecule has 1 aromatic carbocycles. The minimum atomic E-state index is -0.828. The predicted octanol–water partition coefficient (Wildman–Crippen LogP) is 4.50. The van der Waals surface area contributed by atoms with E-state index in [2.05, 4.69) is 10.1 Å². The number of rotatable bonds is 4. The lowest BCUT2D eigenvalue weighted by Crippen LogP contribution is -2.23. The Labute approximate surface area is 183 Å². The third kappa shape index (κ3) is 3.34. The van der Waals surface area contributed by atoms with Gasteiger partial charge >= 0.3 is 0 Å². The summed E-state index contributed by atoms with van der Waals surface area (Å²) in [5.41, 5.74) is 0.104. The Morgan fingerprint density at radius 1 is 1.23 bits per heavy atom. The molecule has 0 spiro atoms. The van der Waals surface area contributed by atoms with Gasteiger partial charge in [-0.05, 0) is 24.6 Å². The Morgan fingerprint density at radius 3 is 2.71 bits per heavy atom. The van der Waals surface area contributed by atoms with E-state index in [1.807, 2.05) is 6.07 Å². The Balaban J connectivity index is 1.68. The molecule has 10 heteroatoms. The van der Waals surface area contributed by atoms with Crippen LogP contribution in [0.2, 0.25) is 5.02 Å². The van der Waals surface area contributed by atoms with Crippen molar-refractivity contribution in [3.8, 4) is 16.9 Å². The van der Waals surface area contributed by atoms with Crippen LogP contribution in [0.15, 0.2) is 40.6 Å². The van der Waals surface area contributed by atoms with Crippen LogP contribution in [0, 0.1) is 11.6 Å². The van der Waals surface area contributed by atoms with Crippen molar-refractivity contribution >= 4 is 39.7 Å². The molecule has 1 amide bonds. The number of aromatic nitrogens is 3. The molecule has 4 heterocycles. The van der Waals surface area contributed by atoms with Crippen LogP contribution < -0.4 is 5.56 Å². The second-order valence-electron chi connectivity index (χ2n) is 7.24. The fraction of sp³-hybridized carbons (Fsp3) is 0.190. The molecule has 0 aliphatic carbocycles. The lowest BCUT2D eigenvalue weighted by atomic mass is 10.1. The van der Waals surface area contributed by atoms with Crippen molar-refractivity contribution in [1.29, 1.82) is 0 Å². The van der Waals surface area contributed by atoms with Gasteiger partial charge in [-0.15, -0.1) is 11.3 Å². The molecular weight excluding hydrogens is 446 g/mol. The summed E-state index contributed by atoms with van der Waals surface area (Å²) in [7, 11) is 0. The maximum absolute atomic E-state index is 14.5. The predicted molar refractivity (Wildman–Crippen MR) is 115 cm³/mol. The molecule has 1 aliphatic rings. The van der Waals surface area contributed by atoms with Crippen LogP contribution in [0.1, 0.15) is 17.7 Å². The molecule has 31 heavy (non-hydrogen) atoms. The van der Waals surface area contributed by atoms with Gasteiger partial charge < -0.3 is 9.88 Å². The Morgan fingerprint density at radius 2 is 2.00 bits per heavy atom. The van der Waals surface area contributed by atoms with Gasteiger partial charge in [0.05, 0.1) is 17.0 Å². The molecule has 1 saturated heterocycles. The van der Waals surface area contributed by atoms with Gasteiger partial charge in [0.2, 0.25) is 5.91 Å². The van der Waals surface area contributed by atoms with Crippen LogP contribution in [0.25, 0.3) is 27.8 Å². The molecular formula is C21H15ClF2N4O2S. The molecule has 0 unspecified atom stereocenters. The van der Waals surface area contributed by atoms with E-state index in [0.717, 1.165) is 28.1 Å². The summed E-state index contributed by atoms with van der Waals surface area (Å²) in [5.74, 6) is -1.54. The number of likely N-dealkylation sites (tertiary alicyclic amines) is 1. The first-order valence-electron chi connectivity index (χ1n) is 9.54. The lowest BCUT2D eigenvalue weighted by molar-refractivity contribution is -0.128. The molecule has 0 radical (unpaired) electrons. The summed E-state index contributed by atoms with van der Waals surface area (Å²) in [4.78, 5) is 29.8. The van der Waals surface area contributed by atoms with Gasteiger partial charge in [-0.2, -0.15) is 5.10 Å². The number of benzene rings is 1. The summed E-state index contributed by atoms with van der Waals surface area (Å²) < 4.78 is 30.1. The van der Waals surface area contributed by atoms with Crippen molar-refractivity contribution in [1.82, 2.24) is 19.7 Å². The number of pyridine rings is 1. The Bertz CT molecular complexity index is 1370. The minimum Gasteiger partial charge on any atom is -0.338 e. The number of carbonyl (C=O) groups excluding carboxylic acids is 1. The largest absolute Gasteiger partial charge is 0.338 e. The second kappa shape index (κ2) is 7.58. The zero-order valence-corrected chi connectivity index (χ0v) is 17.6. The number of hydrogen-bond donors (Lipinski definition) is 1. The third-order valence-corrected chi connectivity index (χ3v) is 6.47. The number of halogens is 3. The highest BCUT2D eigenvalue weighted by Gasteiger charge is 2.25. The number of nitrogens with zero attached hydrogens (tertiary/aromatic N) is 3. The van der Waals surface area contributed by atoms with Crippen LogP contribution in [0.3, 0.4) is 0 Å². The van der Waals surface area contributed by atoms with E-state index in [9.17, 15) is 18.4 Å². The fourth-order valence-electron chi connectivity index (χ4n) is 3.83. The summed E-state index contributed by atoms with van der Waals surface area (Å²) >= 11 is 7.73. The number of thiophene rings is 1. The highest BCUT2D eigenvalue weighted by molar-refractivity contribution is 7.10. The van der Waals surface area contributed by atoms with Gasteiger partial charge in [-0.1, -0.05) is 17.7 Å². The maximum Gasteiger partial charge on any atom is 0.259 e. The quantitative estimate of drug-likeness (QED) is 0.487. The zero-order valence-electron chi connectivity index (χ0n) is 16.0. The molecule has 1 N–H and O–H groups in total. The van der Waals surface area contributed by atoms with Crippen LogP contribution in [-0.2, 0) is 11.3 Å². The van der Waals surface area contributed by atoms with Crippen LogP contribution in [0.4, 0.5) is 8.78 Å². The Kier molecular flexibility index (Phi) is 4.86. The molecule has 0 atom stereocenters. The molecule has 0 saturated carbocycles. The van der Waals surface area contributed by atoms with Crippen molar-refractivity contribution in [2.75, 3.05) is 6.54 Å². The molecule has 5 rings (SSSR count). The molecule has 1 aliphatic heterocycles. The van der Waals surface area contributed by atoms with E-state index in [1.165, 1.54) is 23.6 Å². The molecule has 158 valence electrons. The van der Waals surface area contributed by atoms with E-state index < -0.39 is 22.9 Å². The summed E-state index contributed by atoms with van der Waals surface area (Å²) in [6.07, 6.45) is 2.66. The van der Waals surface area contributed by atoms with Crippen molar-refractivity contribution in [3.05, 3.63) is 67.7 Å². The highest BCUT2D eigenvalue weighted by atomic mass is 35.5. The topological polar surface area (TPSA) is 71.0 Å². The van der Waals surface area contributed by atoms with Gasteiger partial charge in [-0.25, -0.2) is 13.5 Å². The minimum absolute atomic E-state index is 0.106. The molecule has 3 aromatic heterocycles. The number of H-pyrrole nitrogens is 1. The first kappa shape index (κ1) is 19.9. The third-order valence-electron chi connectivity index (χ3n) is 5.26. The van der Waals surface area contributed by atoms with Crippen molar-refractivity contribution in [3.63, 3.8) is 0 Å². The molecule has 0 bridgehead atoms. The summed E-state index contributed by atoms with van der Waals surface area (Å²) in [6, 6.07) is 5.31. The van der Waals surface area contributed by atoms with E-state index in [0.29, 0.717) is 25.1 Å². The first-order chi connectivity index (χ1) is 14.9. The van der Waals surface area contributed by atoms with E-state index in [4.69, 9.17) is 11.6 Å². The van der Waals surface area contributed by atoms with Gasteiger partial charge in [0, 0.05) is 35.0 Å². The summed E-state index contributed by atoms with van der Waals surface area (Å²) in [5, 5.41) is 6.44. The zero-order chi connectivity index (χ0) is 21.7. The Hall–Kier alpha value is -3.04. The van der Waals surface area contributed by atoms with Crippen molar-refractivity contribution < 1.29 is 13.6 Å². The second-order valence-corrected chi connectivity index (χ2v) is 8.64. The fourth-order valence-corrected chi connectivity index (χ4v) is 4.94. The SMILES string of the molecule is O=C1CCCN1Cc1cc(-c2nn(-c3c(F)cccc3F)c3c(Cl)c[nH]c(=O)c23)cs1. The number of para-hydroxylation sites is 1.